The van der Waals surface area contributed by atoms with Crippen LogP contribution >= 0.6 is 11.6 Å². The molecule has 0 saturated heterocycles. The van der Waals surface area contributed by atoms with Crippen molar-refractivity contribution in [2.45, 2.75) is 30.2 Å². The third-order valence-corrected chi connectivity index (χ3v) is 6.60. The van der Waals surface area contributed by atoms with Crippen molar-refractivity contribution in [3.63, 3.8) is 0 Å². The average Bonchev–Trinajstić information content (AvgIpc) is 3.38. The van der Waals surface area contributed by atoms with Gasteiger partial charge in [0.25, 0.3) is 0 Å². The molecule has 8 radical (unpaired) electrons. The first kappa shape index (κ1) is 27.1. The number of ether oxygens (including phenoxy) is 1. The minimum atomic E-state index is -2.18. The van der Waals surface area contributed by atoms with Gasteiger partial charge in [-0.3, -0.25) is 14.2 Å². The first-order valence-electron chi connectivity index (χ1n) is 11.7. The molecule has 2 N–H and O–H groups in total. The van der Waals surface area contributed by atoms with E-state index in [0.29, 0.717) is 34.4 Å². The number of benzene rings is 1. The van der Waals surface area contributed by atoms with Gasteiger partial charge in [0.05, 0.1) is 33.6 Å². The van der Waals surface area contributed by atoms with Gasteiger partial charge in [0.15, 0.2) is 16.7 Å². The van der Waals surface area contributed by atoms with Crippen molar-refractivity contribution in [3.05, 3.63) is 64.3 Å². The van der Waals surface area contributed by atoms with Crippen molar-refractivity contribution in [3.8, 4) is 28.3 Å². The second-order valence-corrected chi connectivity index (χ2v) is 9.78. The van der Waals surface area contributed by atoms with E-state index in [9.17, 15) is 14.3 Å². The summed E-state index contributed by atoms with van der Waals surface area (Å²) in [4.78, 5) is 15.6. The number of amides is 1. The van der Waals surface area contributed by atoms with Crippen molar-refractivity contribution in [2.24, 2.45) is 7.05 Å². The van der Waals surface area contributed by atoms with Gasteiger partial charge in [-0.05, 0) is 42.0 Å². The van der Waals surface area contributed by atoms with Crippen LogP contribution in [0.3, 0.4) is 0 Å². The van der Waals surface area contributed by atoms with E-state index >= 15 is 0 Å². The van der Waals surface area contributed by atoms with E-state index in [-0.39, 0.29) is 28.0 Å². The molecule has 1 amide bonds. The van der Waals surface area contributed by atoms with Gasteiger partial charge in [-0.25, -0.2) is 9.37 Å². The SMILES string of the molecule is [B]C([B])(O)Cn1nc(Cl)c2c1-c1cnc(NC=O)c(c1)O[C@H](C)c1cc(F)ccc1-c1nn(C)cc1C2([B])[B]. The summed E-state index contributed by atoms with van der Waals surface area (Å²) in [5, 5.41) is 17.5. The number of fused-ring (bicyclic) bond motifs is 7. The number of carbonyl (C=O) groups is 1. The molecule has 9 nitrogen and oxygen atoms in total. The predicted molar refractivity (Wildman–Crippen MR) is 147 cm³/mol. The van der Waals surface area contributed by atoms with Crippen molar-refractivity contribution in [2.75, 3.05) is 5.32 Å². The zero-order valence-electron chi connectivity index (χ0n) is 20.9. The number of hydrogen-bond donors (Lipinski definition) is 2. The lowest BCUT2D eigenvalue weighted by Crippen LogP contribution is -2.36. The normalized spacial score (nSPS) is 16.1. The monoisotopic (exact) mass is 536 g/mol. The second kappa shape index (κ2) is 9.60. The minimum absolute atomic E-state index is 0.0914. The Hall–Kier alpha value is -3.50. The Morgan fingerprint density at radius 1 is 1.31 bits per heavy atom. The molecule has 0 saturated carbocycles. The molecule has 1 aliphatic heterocycles. The predicted octanol–water partition coefficient (Wildman–Crippen LogP) is 1.68. The Morgan fingerprint density at radius 3 is 2.74 bits per heavy atom. The summed E-state index contributed by atoms with van der Waals surface area (Å²) in [6, 6.07) is 5.71. The van der Waals surface area contributed by atoms with Crippen LogP contribution in [0.1, 0.15) is 29.7 Å². The summed E-state index contributed by atoms with van der Waals surface area (Å²) >= 11 is 6.64. The largest absolute Gasteiger partial charge is 0.482 e. The van der Waals surface area contributed by atoms with Gasteiger partial charge in [0, 0.05) is 47.1 Å². The van der Waals surface area contributed by atoms with Crippen LogP contribution in [-0.2, 0) is 23.6 Å². The number of anilines is 1. The van der Waals surface area contributed by atoms with Crippen LogP contribution in [0.25, 0.3) is 22.5 Å². The highest BCUT2D eigenvalue weighted by Gasteiger charge is 2.37. The third kappa shape index (κ3) is 4.87. The Balaban J connectivity index is 1.91. The summed E-state index contributed by atoms with van der Waals surface area (Å²) in [6.45, 7) is 1.30. The topological polar surface area (TPSA) is 107 Å². The molecule has 188 valence electrons. The number of rotatable bonds is 4. The molecule has 2 bridgehead atoms. The van der Waals surface area contributed by atoms with Gasteiger partial charge in [-0.15, -0.1) is 0 Å². The van der Waals surface area contributed by atoms with Crippen molar-refractivity contribution >= 4 is 55.2 Å². The van der Waals surface area contributed by atoms with Crippen molar-refractivity contribution in [1.29, 1.82) is 0 Å². The highest BCUT2D eigenvalue weighted by atomic mass is 35.5. The van der Waals surface area contributed by atoms with E-state index in [2.05, 4.69) is 20.5 Å². The molecule has 3 aromatic heterocycles. The average molecular weight is 536 g/mol. The van der Waals surface area contributed by atoms with Gasteiger partial charge in [0.1, 0.15) is 27.6 Å². The summed E-state index contributed by atoms with van der Waals surface area (Å²) in [5.74, 6) is -0.274. The number of aromatic nitrogens is 5. The minimum Gasteiger partial charge on any atom is -0.482 e. The number of pyridine rings is 1. The van der Waals surface area contributed by atoms with Crippen molar-refractivity contribution < 1.29 is 19.0 Å². The Labute approximate surface area is 233 Å². The number of nitrogens with one attached hydrogen (secondary N) is 1. The Bertz CT molecular complexity index is 1600. The van der Waals surface area contributed by atoms with Gasteiger partial charge in [-0.1, -0.05) is 11.6 Å². The maximum atomic E-state index is 14.5. The maximum absolute atomic E-state index is 14.5. The Kier molecular flexibility index (Phi) is 6.67. The van der Waals surface area contributed by atoms with E-state index < -0.39 is 29.1 Å². The summed E-state index contributed by atoms with van der Waals surface area (Å²) in [7, 11) is 26.8. The number of carbonyl (C=O) groups excluding carboxylic acids is 1. The molecule has 5 rings (SSSR count). The molecule has 0 unspecified atom stereocenters. The van der Waals surface area contributed by atoms with E-state index in [1.807, 2.05) is 0 Å². The van der Waals surface area contributed by atoms with Crippen molar-refractivity contribution in [1.82, 2.24) is 24.5 Å². The van der Waals surface area contributed by atoms with Crippen LogP contribution in [0, 0.1) is 5.82 Å². The van der Waals surface area contributed by atoms with Crippen LogP contribution in [0.15, 0.2) is 36.7 Å². The molecule has 15 heteroatoms. The van der Waals surface area contributed by atoms with Crippen LogP contribution < -0.4 is 10.1 Å². The summed E-state index contributed by atoms with van der Waals surface area (Å²) in [6.07, 6.45) is 2.71. The van der Waals surface area contributed by atoms with Gasteiger partial charge >= 0.3 is 0 Å². The zero-order chi connectivity index (χ0) is 28.3. The molecule has 4 heterocycles. The van der Waals surface area contributed by atoms with Gasteiger partial charge in [-0.2, -0.15) is 10.2 Å². The fourth-order valence-electron chi connectivity index (χ4n) is 4.74. The van der Waals surface area contributed by atoms with Crippen LogP contribution in [0.4, 0.5) is 10.2 Å². The lowest BCUT2D eigenvalue weighted by Gasteiger charge is -2.30. The quantitative estimate of drug-likeness (QED) is 0.304. The number of nitrogens with zero attached hydrogens (tertiary/aromatic N) is 5. The lowest BCUT2D eigenvalue weighted by atomic mass is 9.47. The molecule has 0 fully saturated rings. The molecule has 4 aromatic rings. The first-order valence-corrected chi connectivity index (χ1v) is 12.0. The molecule has 1 aliphatic rings. The highest BCUT2D eigenvalue weighted by Crippen LogP contribution is 2.45. The number of aryl methyl sites for hydroxylation is 1. The third-order valence-electron chi connectivity index (χ3n) is 6.33. The maximum Gasteiger partial charge on any atom is 0.212 e. The molecular weight excluding hydrogens is 518 g/mol. The number of hydrogen-bond acceptors (Lipinski definition) is 6. The molecule has 39 heavy (non-hydrogen) atoms. The van der Waals surface area contributed by atoms with E-state index in [4.69, 9.17) is 47.7 Å². The second-order valence-electron chi connectivity index (χ2n) is 9.42. The fraction of sp³-hybridized carbons (Fsp3) is 0.250. The number of halogens is 2. The van der Waals surface area contributed by atoms with Crippen LogP contribution in [0.2, 0.25) is 5.15 Å². The summed E-state index contributed by atoms with van der Waals surface area (Å²) < 4.78 is 23.5. The molecule has 1 atom stereocenters. The fourth-order valence-corrected chi connectivity index (χ4v) is 5.08. The van der Waals surface area contributed by atoms with Gasteiger partial charge in [0.2, 0.25) is 6.41 Å². The van der Waals surface area contributed by atoms with Crippen LogP contribution in [0.5, 0.6) is 5.75 Å². The smallest absolute Gasteiger partial charge is 0.212 e. The Morgan fingerprint density at radius 2 is 2.05 bits per heavy atom. The summed E-state index contributed by atoms with van der Waals surface area (Å²) in [5.41, 5.74) is 2.35. The zero-order valence-corrected chi connectivity index (χ0v) is 21.6. The molecule has 0 aliphatic carbocycles. The lowest BCUT2D eigenvalue weighted by molar-refractivity contribution is -0.105. The van der Waals surface area contributed by atoms with Gasteiger partial charge < -0.3 is 15.2 Å². The van der Waals surface area contributed by atoms with E-state index in [1.54, 1.807) is 32.3 Å². The molecular formula is C24H18B4ClFN6O3. The van der Waals surface area contributed by atoms with E-state index in [1.165, 1.54) is 27.7 Å². The molecule has 0 spiro atoms. The first-order chi connectivity index (χ1) is 18.3. The molecule has 1 aromatic carbocycles. The standard InChI is InChI=1S/C24H18B4ClFN6O3/c1-11-15-6-13(30)3-4-14(15)19-16(8-35(2)33-19)24(27,28)18-20(36(34-21(18)29)9-23(25,26)38)12-5-17(39-11)22(31-7-12)32-10-37/h3-8,10-11,38H,9H2,1-2H3,(H,31,32,37)/t11-/m1/s1. The highest BCUT2D eigenvalue weighted by molar-refractivity contribution is 6.45. The number of aliphatic hydroxyl groups is 1. The van der Waals surface area contributed by atoms with E-state index in [0.717, 1.165) is 0 Å². The van der Waals surface area contributed by atoms with Crippen LogP contribution in [-0.4, -0.2) is 72.8 Å².